The van der Waals surface area contributed by atoms with Gasteiger partial charge in [-0.25, -0.2) is 4.79 Å². The van der Waals surface area contributed by atoms with Gasteiger partial charge >= 0.3 is 11.9 Å². The molecule has 0 saturated heterocycles. The number of carbonyl (C=O) groups excluding carboxylic acids is 2. The fourth-order valence-electron chi connectivity index (χ4n) is 1.22. The molecule has 0 unspecified atom stereocenters. The Morgan fingerprint density at radius 3 is 2.56 bits per heavy atom. The number of anilines is 1. The van der Waals surface area contributed by atoms with Crippen molar-refractivity contribution in [1.82, 2.24) is 10.2 Å². The molecule has 0 N–H and O–H groups in total. The molecule has 0 radical (unpaired) electrons. The SMILES string of the molecule is CCOC(=O)CN(C)c1ccc(C(=O)OC)nn1. The molecular formula is C11H15N3O4. The molecule has 1 heterocycles. The maximum Gasteiger partial charge on any atom is 0.358 e. The average Bonchev–Trinajstić information content (AvgIpc) is 2.38. The van der Waals surface area contributed by atoms with Gasteiger partial charge in [0.05, 0.1) is 13.7 Å². The third kappa shape index (κ3) is 3.69. The predicted molar refractivity (Wildman–Crippen MR) is 63.3 cm³/mol. The van der Waals surface area contributed by atoms with Crippen molar-refractivity contribution in [2.45, 2.75) is 6.92 Å². The lowest BCUT2D eigenvalue weighted by Crippen LogP contribution is -2.28. The molecule has 0 fully saturated rings. The minimum Gasteiger partial charge on any atom is -0.465 e. The summed E-state index contributed by atoms with van der Waals surface area (Å²) in [5.41, 5.74) is 0.116. The van der Waals surface area contributed by atoms with E-state index >= 15 is 0 Å². The second kappa shape index (κ2) is 6.53. The van der Waals surface area contributed by atoms with E-state index in [1.807, 2.05) is 0 Å². The maximum atomic E-state index is 11.3. The Bertz CT molecular complexity index is 419. The third-order valence-electron chi connectivity index (χ3n) is 2.11. The number of esters is 2. The van der Waals surface area contributed by atoms with E-state index in [0.29, 0.717) is 12.4 Å². The highest BCUT2D eigenvalue weighted by Gasteiger charge is 2.12. The number of methoxy groups -OCH3 is 1. The Labute approximate surface area is 105 Å². The van der Waals surface area contributed by atoms with Gasteiger partial charge in [-0.3, -0.25) is 4.79 Å². The van der Waals surface area contributed by atoms with Crippen LogP contribution in [0.15, 0.2) is 12.1 Å². The Hall–Kier alpha value is -2.18. The molecule has 0 aliphatic carbocycles. The minimum atomic E-state index is -0.554. The van der Waals surface area contributed by atoms with Crippen LogP contribution in [0.1, 0.15) is 17.4 Å². The molecule has 0 spiro atoms. The van der Waals surface area contributed by atoms with Crippen LogP contribution in [0.5, 0.6) is 0 Å². The van der Waals surface area contributed by atoms with Crippen LogP contribution in [-0.4, -0.2) is 49.4 Å². The Balaban J connectivity index is 2.67. The van der Waals surface area contributed by atoms with Crippen LogP contribution in [0.25, 0.3) is 0 Å². The summed E-state index contributed by atoms with van der Waals surface area (Å²) < 4.78 is 9.31. The number of carbonyl (C=O) groups is 2. The fourth-order valence-corrected chi connectivity index (χ4v) is 1.22. The van der Waals surface area contributed by atoms with Gasteiger partial charge in [-0.15, -0.1) is 10.2 Å². The smallest absolute Gasteiger partial charge is 0.358 e. The summed E-state index contributed by atoms with van der Waals surface area (Å²) in [4.78, 5) is 24.0. The second-order valence-electron chi connectivity index (χ2n) is 3.43. The number of hydrogen-bond donors (Lipinski definition) is 0. The lowest BCUT2D eigenvalue weighted by Gasteiger charge is -2.16. The molecule has 0 aromatic carbocycles. The molecule has 7 nitrogen and oxygen atoms in total. The Morgan fingerprint density at radius 2 is 2.06 bits per heavy atom. The standard InChI is InChI=1S/C11H15N3O4/c1-4-18-10(15)7-14(2)9-6-5-8(12-13-9)11(16)17-3/h5-6H,4,7H2,1-3H3. The average molecular weight is 253 g/mol. The summed E-state index contributed by atoms with van der Waals surface area (Å²) in [5.74, 6) is -0.434. The number of rotatable bonds is 5. The zero-order chi connectivity index (χ0) is 13.5. The van der Waals surface area contributed by atoms with E-state index in [-0.39, 0.29) is 18.2 Å². The summed E-state index contributed by atoms with van der Waals surface area (Å²) in [7, 11) is 2.95. The van der Waals surface area contributed by atoms with Gasteiger partial charge in [0.15, 0.2) is 11.5 Å². The van der Waals surface area contributed by atoms with Crippen molar-refractivity contribution in [1.29, 1.82) is 0 Å². The van der Waals surface area contributed by atoms with Gasteiger partial charge in [0, 0.05) is 7.05 Å². The molecule has 0 saturated carbocycles. The molecule has 1 rings (SSSR count). The largest absolute Gasteiger partial charge is 0.465 e. The lowest BCUT2D eigenvalue weighted by molar-refractivity contribution is -0.141. The van der Waals surface area contributed by atoms with Gasteiger partial charge in [0.2, 0.25) is 0 Å². The first-order valence-electron chi connectivity index (χ1n) is 5.37. The fraction of sp³-hybridized carbons (Fsp3) is 0.455. The van der Waals surface area contributed by atoms with E-state index in [9.17, 15) is 9.59 Å². The molecule has 0 aliphatic heterocycles. The van der Waals surface area contributed by atoms with Crippen molar-refractivity contribution in [3.05, 3.63) is 17.8 Å². The van der Waals surface area contributed by atoms with Crippen molar-refractivity contribution < 1.29 is 19.1 Å². The first-order valence-corrected chi connectivity index (χ1v) is 5.37. The van der Waals surface area contributed by atoms with Crippen LogP contribution in [0, 0.1) is 0 Å². The summed E-state index contributed by atoms with van der Waals surface area (Å²) in [5, 5.41) is 7.53. The van der Waals surface area contributed by atoms with Gasteiger partial charge < -0.3 is 14.4 Å². The van der Waals surface area contributed by atoms with E-state index in [0.717, 1.165) is 0 Å². The second-order valence-corrected chi connectivity index (χ2v) is 3.43. The first kappa shape index (κ1) is 13.9. The van der Waals surface area contributed by atoms with E-state index in [2.05, 4.69) is 14.9 Å². The molecule has 18 heavy (non-hydrogen) atoms. The van der Waals surface area contributed by atoms with Gasteiger partial charge in [0.1, 0.15) is 6.54 Å². The van der Waals surface area contributed by atoms with Crippen LogP contribution in [-0.2, 0) is 14.3 Å². The molecule has 0 aliphatic rings. The monoisotopic (exact) mass is 253 g/mol. The third-order valence-corrected chi connectivity index (χ3v) is 2.11. The van der Waals surface area contributed by atoms with E-state index in [4.69, 9.17) is 4.74 Å². The van der Waals surface area contributed by atoms with Gasteiger partial charge in [-0.1, -0.05) is 0 Å². The van der Waals surface area contributed by atoms with Crippen LogP contribution in [0.3, 0.4) is 0 Å². The van der Waals surface area contributed by atoms with Crippen molar-refractivity contribution in [2.75, 3.05) is 32.2 Å². The predicted octanol–water partition coefficient (Wildman–Crippen LogP) is 0.262. The van der Waals surface area contributed by atoms with Crippen molar-refractivity contribution >= 4 is 17.8 Å². The van der Waals surface area contributed by atoms with Crippen LogP contribution in [0.2, 0.25) is 0 Å². The topological polar surface area (TPSA) is 81.6 Å². The van der Waals surface area contributed by atoms with E-state index < -0.39 is 5.97 Å². The quantitative estimate of drug-likeness (QED) is 0.696. The highest BCUT2D eigenvalue weighted by Crippen LogP contribution is 2.07. The van der Waals surface area contributed by atoms with Gasteiger partial charge in [-0.05, 0) is 19.1 Å². The van der Waals surface area contributed by atoms with Gasteiger partial charge in [0.25, 0.3) is 0 Å². The summed E-state index contributed by atoms with van der Waals surface area (Å²) in [6.45, 7) is 2.14. The van der Waals surface area contributed by atoms with Crippen LogP contribution < -0.4 is 4.90 Å². The zero-order valence-corrected chi connectivity index (χ0v) is 10.5. The maximum absolute atomic E-state index is 11.3. The van der Waals surface area contributed by atoms with Crippen molar-refractivity contribution in [3.63, 3.8) is 0 Å². The Morgan fingerprint density at radius 1 is 1.33 bits per heavy atom. The zero-order valence-electron chi connectivity index (χ0n) is 10.5. The molecule has 0 bridgehead atoms. The number of ether oxygens (including phenoxy) is 2. The molecule has 98 valence electrons. The molecular weight excluding hydrogens is 238 g/mol. The van der Waals surface area contributed by atoms with Crippen LogP contribution in [0.4, 0.5) is 5.82 Å². The normalized spacial score (nSPS) is 9.72. The lowest BCUT2D eigenvalue weighted by atomic mass is 10.4. The van der Waals surface area contributed by atoms with Crippen LogP contribution >= 0.6 is 0 Å². The number of aromatic nitrogens is 2. The highest BCUT2D eigenvalue weighted by molar-refractivity contribution is 5.87. The van der Waals surface area contributed by atoms with Crippen molar-refractivity contribution in [3.8, 4) is 0 Å². The highest BCUT2D eigenvalue weighted by atomic mass is 16.5. The van der Waals surface area contributed by atoms with Crippen molar-refractivity contribution in [2.24, 2.45) is 0 Å². The molecule has 0 amide bonds. The Kier molecular flexibility index (Phi) is 5.04. The number of likely N-dealkylation sites (N-methyl/N-ethyl adjacent to an activating group) is 1. The van der Waals surface area contributed by atoms with E-state index in [1.54, 1.807) is 24.9 Å². The molecule has 7 heteroatoms. The summed E-state index contributed by atoms with van der Waals surface area (Å²) in [6, 6.07) is 3.06. The van der Waals surface area contributed by atoms with Gasteiger partial charge in [-0.2, -0.15) is 0 Å². The molecule has 1 aromatic rings. The summed E-state index contributed by atoms with van der Waals surface area (Å²) >= 11 is 0. The minimum absolute atomic E-state index is 0.0695. The molecule has 0 atom stereocenters. The molecule has 1 aromatic heterocycles. The number of nitrogens with zero attached hydrogens (tertiary/aromatic N) is 3. The van der Waals surface area contributed by atoms with E-state index in [1.165, 1.54) is 13.2 Å². The number of hydrogen-bond acceptors (Lipinski definition) is 7. The summed E-state index contributed by atoms with van der Waals surface area (Å²) in [6.07, 6.45) is 0. The first-order chi connectivity index (χ1) is 8.58.